The fraction of sp³-hybridized carbons (Fsp3) is 0.556. The van der Waals surface area contributed by atoms with Crippen molar-refractivity contribution in [2.24, 2.45) is 5.92 Å². The summed E-state index contributed by atoms with van der Waals surface area (Å²) in [6.07, 6.45) is 0.560. The molecule has 1 unspecified atom stereocenters. The van der Waals surface area contributed by atoms with E-state index in [1.807, 2.05) is 6.07 Å². The van der Waals surface area contributed by atoms with Crippen LogP contribution >= 0.6 is 15.9 Å². The van der Waals surface area contributed by atoms with Crippen LogP contribution in [-0.4, -0.2) is 50.0 Å². The third kappa shape index (κ3) is 4.22. The van der Waals surface area contributed by atoms with Gasteiger partial charge in [0.15, 0.2) is 6.29 Å². The number of esters is 2. The summed E-state index contributed by atoms with van der Waals surface area (Å²) in [5.41, 5.74) is 0.455. The number of hydrogen-bond acceptors (Lipinski definition) is 6. The van der Waals surface area contributed by atoms with E-state index >= 15 is 0 Å². The van der Waals surface area contributed by atoms with E-state index in [4.69, 9.17) is 18.9 Å². The average molecular weight is 415 g/mol. The summed E-state index contributed by atoms with van der Waals surface area (Å²) in [7, 11) is 4.31. The smallest absolute Gasteiger partial charge is 0.338 e. The summed E-state index contributed by atoms with van der Waals surface area (Å²) >= 11 is 3.53. The van der Waals surface area contributed by atoms with Crippen molar-refractivity contribution in [2.75, 3.05) is 21.3 Å². The van der Waals surface area contributed by atoms with Gasteiger partial charge in [-0.05, 0) is 31.4 Å². The Balaban J connectivity index is 2.30. The van der Waals surface area contributed by atoms with E-state index < -0.39 is 34.6 Å². The monoisotopic (exact) mass is 414 g/mol. The van der Waals surface area contributed by atoms with E-state index in [9.17, 15) is 9.59 Å². The molecule has 0 saturated heterocycles. The average Bonchev–Trinajstić information content (AvgIpc) is 2.64. The fourth-order valence-corrected chi connectivity index (χ4v) is 4.25. The molecule has 3 atom stereocenters. The maximum absolute atomic E-state index is 12.5. The predicted molar refractivity (Wildman–Crippen MR) is 94.5 cm³/mol. The van der Waals surface area contributed by atoms with Crippen LogP contribution in [0.1, 0.15) is 29.6 Å². The van der Waals surface area contributed by atoms with Crippen LogP contribution in [0.3, 0.4) is 0 Å². The molecule has 0 amide bonds. The highest BCUT2D eigenvalue weighted by molar-refractivity contribution is 9.10. The number of halogens is 1. The Morgan fingerprint density at radius 2 is 1.80 bits per heavy atom. The standard InChI is InChI=1S/C18H23BrO6/c1-22-16(23-2)14-13(10-7-11-18(14,19)17(21)24-3)25-15(20)12-8-5-4-6-9-12/h4-6,8-9,13-14,16H,7,10-11H2,1-3H3/t13-,14-,18?/m0/s1. The maximum Gasteiger partial charge on any atom is 0.338 e. The van der Waals surface area contributed by atoms with Crippen molar-refractivity contribution in [1.82, 2.24) is 0 Å². The first kappa shape index (κ1) is 19.9. The number of rotatable bonds is 6. The summed E-state index contributed by atoms with van der Waals surface area (Å²) in [5.74, 6) is -1.42. The molecular weight excluding hydrogens is 392 g/mol. The van der Waals surface area contributed by atoms with Gasteiger partial charge in [0.2, 0.25) is 0 Å². The maximum atomic E-state index is 12.5. The van der Waals surface area contributed by atoms with Crippen molar-refractivity contribution >= 4 is 27.9 Å². The molecular formula is C18H23BrO6. The number of methoxy groups -OCH3 is 3. The van der Waals surface area contributed by atoms with Crippen LogP contribution in [-0.2, 0) is 23.7 Å². The van der Waals surface area contributed by atoms with E-state index in [-0.39, 0.29) is 0 Å². The Morgan fingerprint density at radius 3 is 2.36 bits per heavy atom. The lowest BCUT2D eigenvalue weighted by Crippen LogP contribution is -2.56. The summed E-state index contributed by atoms with van der Waals surface area (Å²) < 4.78 is 20.4. The predicted octanol–water partition coefficient (Wildman–Crippen LogP) is 2.94. The van der Waals surface area contributed by atoms with Gasteiger partial charge < -0.3 is 18.9 Å². The number of carbonyl (C=O) groups is 2. The first-order valence-electron chi connectivity index (χ1n) is 8.07. The minimum Gasteiger partial charge on any atom is -0.468 e. The van der Waals surface area contributed by atoms with Crippen LogP contribution in [0, 0.1) is 5.92 Å². The molecule has 1 aromatic carbocycles. The van der Waals surface area contributed by atoms with Crippen molar-refractivity contribution in [3.63, 3.8) is 0 Å². The molecule has 0 radical (unpaired) electrons. The van der Waals surface area contributed by atoms with E-state index in [0.717, 1.165) is 0 Å². The Labute approximate surface area is 155 Å². The Hall–Kier alpha value is -1.44. The summed E-state index contributed by atoms with van der Waals surface area (Å²) in [4.78, 5) is 24.9. The highest BCUT2D eigenvalue weighted by atomic mass is 79.9. The molecule has 1 aromatic rings. The highest BCUT2D eigenvalue weighted by Gasteiger charge is 2.55. The number of carbonyl (C=O) groups excluding carboxylic acids is 2. The fourth-order valence-electron chi connectivity index (χ4n) is 3.30. The number of ether oxygens (including phenoxy) is 4. The van der Waals surface area contributed by atoms with Crippen LogP contribution in [0.25, 0.3) is 0 Å². The van der Waals surface area contributed by atoms with Gasteiger partial charge in [-0.1, -0.05) is 34.1 Å². The molecule has 0 bridgehead atoms. The van der Waals surface area contributed by atoms with Gasteiger partial charge in [0, 0.05) is 14.2 Å². The molecule has 0 heterocycles. The Bertz CT molecular complexity index is 588. The molecule has 1 aliphatic rings. The molecule has 2 rings (SSSR count). The van der Waals surface area contributed by atoms with Gasteiger partial charge >= 0.3 is 11.9 Å². The van der Waals surface area contributed by atoms with Crippen molar-refractivity contribution in [2.45, 2.75) is 36.0 Å². The minimum absolute atomic E-state index is 0.433. The highest BCUT2D eigenvalue weighted by Crippen LogP contribution is 2.45. The topological polar surface area (TPSA) is 71.1 Å². The van der Waals surface area contributed by atoms with Crippen molar-refractivity contribution in [3.05, 3.63) is 35.9 Å². The normalized spacial score (nSPS) is 26.3. The van der Waals surface area contributed by atoms with Crippen LogP contribution in [0.15, 0.2) is 30.3 Å². The molecule has 25 heavy (non-hydrogen) atoms. The second-order valence-electron chi connectivity index (χ2n) is 5.92. The Kier molecular flexibility index (Phi) is 6.98. The van der Waals surface area contributed by atoms with Crippen LogP contribution in [0.4, 0.5) is 0 Å². The zero-order valence-corrected chi connectivity index (χ0v) is 16.2. The molecule has 1 fully saturated rings. The van der Waals surface area contributed by atoms with Crippen molar-refractivity contribution < 1.29 is 28.5 Å². The molecule has 0 aromatic heterocycles. The zero-order chi connectivity index (χ0) is 18.4. The summed E-state index contributed by atoms with van der Waals surface area (Å²) in [6.45, 7) is 0. The van der Waals surface area contributed by atoms with Crippen LogP contribution < -0.4 is 0 Å². The van der Waals surface area contributed by atoms with E-state index in [0.29, 0.717) is 24.8 Å². The molecule has 0 spiro atoms. The third-order valence-corrected chi connectivity index (χ3v) is 5.76. The Morgan fingerprint density at radius 1 is 1.16 bits per heavy atom. The number of hydrogen-bond donors (Lipinski definition) is 0. The first-order chi connectivity index (χ1) is 12.0. The van der Waals surface area contributed by atoms with Gasteiger partial charge in [0.05, 0.1) is 18.6 Å². The summed E-state index contributed by atoms with van der Waals surface area (Å²) in [5, 5.41) is 0. The van der Waals surface area contributed by atoms with Crippen LogP contribution in [0.2, 0.25) is 0 Å². The van der Waals surface area contributed by atoms with Crippen LogP contribution in [0.5, 0.6) is 0 Å². The largest absolute Gasteiger partial charge is 0.468 e. The lowest BCUT2D eigenvalue weighted by atomic mass is 9.76. The van der Waals surface area contributed by atoms with E-state index in [1.54, 1.807) is 24.3 Å². The molecule has 1 aliphatic carbocycles. The molecule has 7 heteroatoms. The zero-order valence-electron chi connectivity index (χ0n) is 14.6. The summed E-state index contributed by atoms with van der Waals surface area (Å²) in [6, 6.07) is 8.74. The van der Waals surface area contributed by atoms with E-state index in [1.165, 1.54) is 21.3 Å². The molecule has 6 nitrogen and oxygen atoms in total. The van der Waals surface area contributed by atoms with Gasteiger partial charge in [-0.2, -0.15) is 0 Å². The molecule has 0 N–H and O–H groups in total. The number of alkyl halides is 1. The SMILES string of the molecule is COC(=O)C1(Br)CCC[C@H](OC(=O)c2ccccc2)[C@H]1C(OC)OC. The second kappa shape index (κ2) is 8.78. The lowest BCUT2D eigenvalue weighted by molar-refractivity contribution is -0.187. The molecule has 1 saturated carbocycles. The minimum atomic E-state index is -1.04. The van der Waals surface area contributed by atoms with Gasteiger partial charge in [0.1, 0.15) is 10.4 Å². The second-order valence-corrected chi connectivity index (χ2v) is 7.34. The molecule has 138 valence electrons. The van der Waals surface area contributed by atoms with Gasteiger partial charge in [-0.25, -0.2) is 4.79 Å². The van der Waals surface area contributed by atoms with Crippen molar-refractivity contribution in [3.8, 4) is 0 Å². The number of benzene rings is 1. The van der Waals surface area contributed by atoms with Gasteiger partial charge in [-0.15, -0.1) is 0 Å². The lowest BCUT2D eigenvalue weighted by Gasteiger charge is -2.44. The van der Waals surface area contributed by atoms with Gasteiger partial charge in [0.25, 0.3) is 0 Å². The quantitative estimate of drug-likeness (QED) is 0.404. The van der Waals surface area contributed by atoms with Crippen molar-refractivity contribution in [1.29, 1.82) is 0 Å². The van der Waals surface area contributed by atoms with Gasteiger partial charge in [-0.3, -0.25) is 4.79 Å². The van der Waals surface area contributed by atoms with E-state index in [2.05, 4.69) is 15.9 Å². The molecule has 0 aliphatic heterocycles. The first-order valence-corrected chi connectivity index (χ1v) is 8.86. The third-order valence-electron chi connectivity index (χ3n) is 4.51.